The standard InChI is InChI=1S/C23H20Cl3NO2/c24-16-8-6-15(7-9-16)23-22(25,26)21(28)27(23)20-14-10-17(13-4-2-1-3-5-13)18(11-14)19(20)12-29-23/h1-9,14,17-20H,10-12H2/t14-,17+,18-,19+,20-,23+/m0/s1. The number of fused-ring (bicyclic) bond motifs is 7. The molecule has 2 aliphatic heterocycles. The lowest BCUT2D eigenvalue weighted by Gasteiger charge is -2.66. The van der Waals surface area contributed by atoms with Crippen LogP contribution in [-0.4, -0.2) is 27.8 Å². The Labute approximate surface area is 184 Å². The summed E-state index contributed by atoms with van der Waals surface area (Å²) in [5.41, 5.74) is 1.05. The largest absolute Gasteiger partial charge is 0.348 e. The van der Waals surface area contributed by atoms with Gasteiger partial charge in [0, 0.05) is 22.5 Å². The average molecular weight is 449 g/mol. The summed E-state index contributed by atoms with van der Waals surface area (Å²) in [6.07, 6.45) is 2.21. The first kappa shape index (κ1) is 18.5. The van der Waals surface area contributed by atoms with Crippen molar-refractivity contribution in [3.8, 4) is 0 Å². The summed E-state index contributed by atoms with van der Waals surface area (Å²) in [4.78, 5) is 14.9. The summed E-state index contributed by atoms with van der Waals surface area (Å²) < 4.78 is 4.81. The fourth-order valence-corrected chi connectivity index (χ4v) is 7.33. The van der Waals surface area contributed by atoms with Gasteiger partial charge in [0.15, 0.2) is 0 Å². The number of nitrogens with zero attached hydrogens (tertiary/aromatic N) is 1. The Hall–Kier alpha value is -1.26. The van der Waals surface area contributed by atoms with E-state index in [0.29, 0.717) is 35.3 Å². The van der Waals surface area contributed by atoms with Gasteiger partial charge in [-0.3, -0.25) is 4.79 Å². The number of hydrogen-bond donors (Lipinski definition) is 0. The first-order valence-electron chi connectivity index (χ1n) is 10.1. The van der Waals surface area contributed by atoms with E-state index in [-0.39, 0.29) is 11.9 Å². The van der Waals surface area contributed by atoms with Crippen molar-refractivity contribution in [3.05, 3.63) is 70.7 Å². The molecule has 0 spiro atoms. The summed E-state index contributed by atoms with van der Waals surface area (Å²) in [5, 5.41) is 0.622. The van der Waals surface area contributed by atoms with Gasteiger partial charge in [0.2, 0.25) is 10.1 Å². The first-order valence-corrected chi connectivity index (χ1v) is 11.2. The molecular formula is C23H20Cl3NO2. The van der Waals surface area contributed by atoms with Gasteiger partial charge >= 0.3 is 0 Å². The van der Waals surface area contributed by atoms with Gasteiger partial charge in [0.25, 0.3) is 5.91 Å². The fourth-order valence-electron chi connectivity index (χ4n) is 6.51. The third-order valence-corrected chi connectivity index (χ3v) is 8.71. The molecule has 0 unspecified atom stereocenters. The second-order valence-corrected chi connectivity index (χ2v) is 10.5. The SMILES string of the molecule is O=C1N2[C@H]3[C@@H]4C[C@H]([C@H]3CO[C@]2(c2ccc(Cl)cc2)C1(Cl)Cl)[C@@H](c1ccccc1)C4. The second-order valence-electron chi connectivity index (χ2n) is 8.78. The van der Waals surface area contributed by atoms with E-state index in [4.69, 9.17) is 39.5 Å². The minimum atomic E-state index is -1.62. The van der Waals surface area contributed by atoms with Crippen molar-refractivity contribution in [1.82, 2.24) is 4.90 Å². The van der Waals surface area contributed by atoms with E-state index in [0.717, 1.165) is 18.4 Å². The summed E-state index contributed by atoms with van der Waals surface area (Å²) in [6, 6.07) is 18.1. The summed E-state index contributed by atoms with van der Waals surface area (Å²) in [7, 11) is 0. The van der Waals surface area contributed by atoms with Crippen LogP contribution in [0.1, 0.15) is 29.9 Å². The molecule has 2 aliphatic carbocycles. The van der Waals surface area contributed by atoms with E-state index in [1.807, 2.05) is 17.0 Å². The normalized spacial score (nSPS) is 39.1. The molecule has 3 nitrogen and oxygen atoms in total. The van der Waals surface area contributed by atoms with Crippen LogP contribution in [0, 0.1) is 17.8 Å². The molecule has 6 rings (SSSR count). The smallest absolute Gasteiger partial charge is 0.267 e. The summed E-state index contributed by atoms with van der Waals surface area (Å²) >= 11 is 19.3. The molecule has 4 fully saturated rings. The highest BCUT2D eigenvalue weighted by Crippen LogP contribution is 2.67. The van der Waals surface area contributed by atoms with E-state index >= 15 is 0 Å². The zero-order chi connectivity index (χ0) is 20.0. The van der Waals surface area contributed by atoms with Crippen molar-refractivity contribution >= 4 is 40.7 Å². The number of ether oxygens (including phenoxy) is 1. The maximum atomic E-state index is 13.1. The van der Waals surface area contributed by atoms with Crippen molar-refractivity contribution in [2.75, 3.05) is 6.61 Å². The maximum Gasteiger partial charge on any atom is 0.267 e. The minimum Gasteiger partial charge on any atom is -0.348 e. The molecule has 0 radical (unpaired) electrons. The Bertz CT molecular complexity index is 979. The van der Waals surface area contributed by atoms with Crippen molar-refractivity contribution < 1.29 is 9.53 Å². The van der Waals surface area contributed by atoms with Crippen LogP contribution in [-0.2, 0) is 15.3 Å². The maximum absolute atomic E-state index is 13.1. The van der Waals surface area contributed by atoms with E-state index in [1.165, 1.54) is 5.56 Å². The molecule has 0 N–H and O–H groups in total. The number of alkyl halides is 2. The number of halogens is 3. The molecule has 2 bridgehead atoms. The minimum absolute atomic E-state index is 0.127. The molecule has 4 aliphatic rings. The van der Waals surface area contributed by atoms with Crippen molar-refractivity contribution in [2.24, 2.45) is 17.8 Å². The Balaban J connectivity index is 1.38. The van der Waals surface area contributed by atoms with Gasteiger partial charge in [0.1, 0.15) is 0 Å². The molecule has 2 saturated carbocycles. The highest BCUT2D eigenvalue weighted by molar-refractivity contribution is 6.61. The number of β-lactam (4-membered cyclic amide) rings is 1. The van der Waals surface area contributed by atoms with E-state index in [2.05, 4.69) is 30.3 Å². The monoisotopic (exact) mass is 447 g/mol. The van der Waals surface area contributed by atoms with Crippen molar-refractivity contribution in [1.29, 1.82) is 0 Å². The molecule has 1 amide bonds. The first-order chi connectivity index (χ1) is 13.9. The van der Waals surface area contributed by atoms with Crippen LogP contribution in [0.2, 0.25) is 5.02 Å². The lowest BCUT2D eigenvalue weighted by atomic mass is 9.70. The molecule has 6 heteroatoms. The van der Waals surface area contributed by atoms with Crippen LogP contribution in [0.15, 0.2) is 54.6 Å². The van der Waals surface area contributed by atoms with Crippen LogP contribution < -0.4 is 0 Å². The molecule has 0 aromatic heterocycles. The van der Waals surface area contributed by atoms with Crippen LogP contribution in [0.4, 0.5) is 0 Å². The Morgan fingerprint density at radius 2 is 1.69 bits per heavy atom. The number of amides is 1. The third-order valence-electron chi connectivity index (χ3n) is 7.62. The van der Waals surface area contributed by atoms with E-state index in [9.17, 15) is 4.79 Å². The zero-order valence-corrected chi connectivity index (χ0v) is 17.9. The van der Waals surface area contributed by atoms with Gasteiger partial charge in [-0.2, -0.15) is 0 Å². The number of rotatable bonds is 2. The fraction of sp³-hybridized carbons (Fsp3) is 0.435. The Kier molecular flexibility index (Phi) is 3.91. The number of benzene rings is 2. The van der Waals surface area contributed by atoms with Crippen molar-refractivity contribution in [2.45, 2.75) is 34.9 Å². The summed E-state index contributed by atoms with van der Waals surface area (Å²) in [6.45, 7) is 0.558. The van der Waals surface area contributed by atoms with Gasteiger partial charge in [-0.1, -0.05) is 77.3 Å². The van der Waals surface area contributed by atoms with Crippen LogP contribution in [0.25, 0.3) is 0 Å². The van der Waals surface area contributed by atoms with Crippen LogP contribution >= 0.6 is 34.8 Å². The van der Waals surface area contributed by atoms with E-state index in [1.54, 1.807) is 12.1 Å². The second kappa shape index (κ2) is 6.13. The topological polar surface area (TPSA) is 29.5 Å². The quantitative estimate of drug-likeness (QED) is 0.458. The predicted octanol–water partition coefficient (Wildman–Crippen LogP) is 5.35. The molecular weight excluding hydrogens is 429 g/mol. The molecule has 6 atom stereocenters. The molecule has 29 heavy (non-hydrogen) atoms. The predicted molar refractivity (Wildman–Crippen MR) is 113 cm³/mol. The van der Waals surface area contributed by atoms with Gasteiger partial charge in [-0.15, -0.1) is 0 Å². The Morgan fingerprint density at radius 1 is 0.966 bits per heavy atom. The molecule has 150 valence electrons. The van der Waals surface area contributed by atoms with Gasteiger partial charge in [0.05, 0.1) is 6.61 Å². The average Bonchev–Trinajstić information content (AvgIpc) is 3.33. The highest BCUT2D eigenvalue weighted by Gasteiger charge is 2.78. The van der Waals surface area contributed by atoms with Crippen LogP contribution in [0.3, 0.4) is 0 Å². The summed E-state index contributed by atoms with van der Waals surface area (Å²) in [5.74, 6) is 1.56. The molecule has 2 aromatic rings. The van der Waals surface area contributed by atoms with Gasteiger partial charge < -0.3 is 9.64 Å². The van der Waals surface area contributed by atoms with E-state index < -0.39 is 10.1 Å². The van der Waals surface area contributed by atoms with Crippen LogP contribution in [0.5, 0.6) is 0 Å². The number of carbonyl (C=O) groups is 1. The van der Waals surface area contributed by atoms with Crippen molar-refractivity contribution in [3.63, 3.8) is 0 Å². The Morgan fingerprint density at radius 3 is 2.41 bits per heavy atom. The van der Waals surface area contributed by atoms with Gasteiger partial charge in [-0.25, -0.2) is 0 Å². The zero-order valence-electron chi connectivity index (χ0n) is 15.6. The molecule has 2 saturated heterocycles. The third kappa shape index (κ3) is 2.23. The lowest BCUT2D eigenvalue weighted by molar-refractivity contribution is -0.282. The number of hydrogen-bond acceptors (Lipinski definition) is 2. The highest BCUT2D eigenvalue weighted by atomic mass is 35.5. The number of carbonyl (C=O) groups excluding carboxylic acids is 1. The lowest BCUT2D eigenvalue weighted by Crippen LogP contribution is -2.82. The van der Waals surface area contributed by atoms with Gasteiger partial charge in [-0.05, 0) is 48.3 Å². The molecule has 2 heterocycles. The molecule has 2 aromatic carbocycles.